The molecule has 0 radical (unpaired) electrons. The van der Waals surface area contributed by atoms with Crippen LogP contribution in [0.5, 0.6) is 0 Å². The van der Waals surface area contributed by atoms with Crippen LogP contribution < -0.4 is 0 Å². The molecule has 0 fully saturated rings. The fraction of sp³-hybridized carbons (Fsp3) is 0.182. The summed E-state index contributed by atoms with van der Waals surface area (Å²) in [6, 6.07) is 26.4. The van der Waals surface area contributed by atoms with Gasteiger partial charge in [0.1, 0.15) is 0 Å². The zero-order chi connectivity index (χ0) is 16.1. The molecule has 0 heterocycles. The Morgan fingerprint density at radius 1 is 0.696 bits per heavy atom. The van der Waals surface area contributed by atoms with Gasteiger partial charge in [0, 0.05) is 9.79 Å². The summed E-state index contributed by atoms with van der Waals surface area (Å²) in [4.78, 5) is 2.61. The molecule has 0 aliphatic heterocycles. The van der Waals surface area contributed by atoms with E-state index in [9.17, 15) is 0 Å². The van der Waals surface area contributed by atoms with Crippen molar-refractivity contribution in [3.8, 4) is 11.1 Å². The standard InChI is InChI=1S/C22H22S/c1-3-17-10-13-20(14-11-17)23-22-15-12-18(4-2)16-21(22)19-8-6-5-7-9-19/h5-16H,3-4H2,1-2H3. The molecule has 0 spiro atoms. The molecule has 0 saturated heterocycles. The molecule has 0 aromatic heterocycles. The highest BCUT2D eigenvalue weighted by molar-refractivity contribution is 7.99. The van der Waals surface area contributed by atoms with Crippen molar-refractivity contribution in [2.24, 2.45) is 0 Å². The maximum Gasteiger partial charge on any atom is 0.0201 e. The lowest BCUT2D eigenvalue weighted by molar-refractivity contribution is 1.13. The van der Waals surface area contributed by atoms with E-state index >= 15 is 0 Å². The molecule has 0 atom stereocenters. The van der Waals surface area contributed by atoms with E-state index in [-0.39, 0.29) is 0 Å². The van der Waals surface area contributed by atoms with Crippen LogP contribution in [-0.2, 0) is 12.8 Å². The third-order valence-electron chi connectivity index (χ3n) is 4.10. The highest BCUT2D eigenvalue weighted by Gasteiger charge is 2.08. The highest BCUT2D eigenvalue weighted by atomic mass is 32.2. The minimum atomic E-state index is 1.07. The fourth-order valence-electron chi connectivity index (χ4n) is 2.65. The summed E-state index contributed by atoms with van der Waals surface area (Å²) < 4.78 is 0. The van der Waals surface area contributed by atoms with E-state index in [1.54, 1.807) is 0 Å². The third-order valence-corrected chi connectivity index (χ3v) is 5.18. The van der Waals surface area contributed by atoms with Crippen LogP contribution in [0, 0.1) is 0 Å². The minimum absolute atomic E-state index is 1.07. The van der Waals surface area contributed by atoms with Gasteiger partial charge in [0.15, 0.2) is 0 Å². The minimum Gasteiger partial charge on any atom is -0.0895 e. The van der Waals surface area contributed by atoms with Gasteiger partial charge in [-0.3, -0.25) is 0 Å². The van der Waals surface area contributed by atoms with Crippen molar-refractivity contribution >= 4 is 11.8 Å². The molecule has 0 bridgehead atoms. The van der Waals surface area contributed by atoms with Crippen LogP contribution in [0.25, 0.3) is 11.1 Å². The Bertz CT molecular complexity index is 758. The Morgan fingerprint density at radius 3 is 2.00 bits per heavy atom. The van der Waals surface area contributed by atoms with Gasteiger partial charge >= 0.3 is 0 Å². The monoisotopic (exact) mass is 318 g/mol. The first-order valence-electron chi connectivity index (χ1n) is 8.25. The fourth-order valence-corrected chi connectivity index (χ4v) is 3.60. The second-order valence-electron chi connectivity index (χ2n) is 5.65. The first kappa shape index (κ1) is 15.9. The Morgan fingerprint density at radius 2 is 1.35 bits per heavy atom. The predicted molar refractivity (Wildman–Crippen MR) is 101 cm³/mol. The molecule has 0 N–H and O–H groups in total. The van der Waals surface area contributed by atoms with E-state index < -0.39 is 0 Å². The van der Waals surface area contributed by atoms with E-state index in [4.69, 9.17) is 0 Å². The second kappa shape index (κ2) is 7.52. The second-order valence-corrected chi connectivity index (χ2v) is 6.77. The van der Waals surface area contributed by atoms with Crippen molar-refractivity contribution < 1.29 is 0 Å². The molecule has 0 unspecified atom stereocenters. The average Bonchev–Trinajstić information content (AvgIpc) is 2.63. The van der Waals surface area contributed by atoms with Gasteiger partial charge in [-0.15, -0.1) is 0 Å². The zero-order valence-electron chi connectivity index (χ0n) is 13.8. The molecular weight excluding hydrogens is 296 g/mol. The normalized spacial score (nSPS) is 10.7. The van der Waals surface area contributed by atoms with Gasteiger partial charge in [-0.25, -0.2) is 0 Å². The largest absolute Gasteiger partial charge is 0.0895 e. The van der Waals surface area contributed by atoms with Gasteiger partial charge in [-0.05, 0) is 53.3 Å². The predicted octanol–water partition coefficient (Wildman–Crippen LogP) is 6.63. The SMILES string of the molecule is CCc1ccc(Sc2ccc(CC)cc2-c2ccccc2)cc1. The zero-order valence-corrected chi connectivity index (χ0v) is 14.6. The molecule has 0 nitrogen and oxygen atoms in total. The molecular formula is C22H22S. The van der Waals surface area contributed by atoms with E-state index in [0.717, 1.165) is 12.8 Å². The molecule has 0 saturated carbocycles. The number of hydrogen-bond donors (Lipinski definition) is 0. The van der Waals surface area contributed by atoms with Crippen LogP contribution in [0.3, 0.4) is 0 Å². The van der Waals surface area contributed by atoms with Crippen LogP contribution in [0.1, 0.15) is 25.0 Å². The smallest absolute Gasteiger partial charge is 0.0201 e. The number of aryl methyl sites for hydroxylation is 2. The van der Waals surface area contributed by atoms with Gasteiger partial charge < -0.3 is 0 Å². The summed E-state index contributed by atoms with van der Waals surface area (Å²) in [5.41, 5.74) is 5.39. The van der Waals surface area contributed by atoms with Crippen molar-refractivity contribution in [3.05, 3.63) is 83.9 Å². The van der Waals surface area contributed by atoms with Crippen molar-refractivity contribution in [2.75, 3.05) is 0 Å². The van der Waals surface area contributed by atoms with Crippen molar-refractivity contribution in [2.45, 2.75) is 36.5 Å². The van der Waals surface area contributed by atoms with Crippen LogP contribution in [-0.4, -0.2) is 0 Å². The molecule has 3 aromatic rings. The summed E-state index contributed by atoms with van der Waals surface area (Å²) in [7, 11) is 0. The van der Waals surface area contributed by atoms with Crippen LogP contribution in [0.15, 0.2) is 82.6 Å². The van der Waals surface area contributed by atoms with Crippen molar-refractivity contribution in [1.82, 2.24) is 0 Å². The van der Waals surface area contributed by atoms with Crippen LogP contribution >= 0.6 is 11.8 Å². The van der Waals surface area contributed by atoms with Gasteiger partial charge in [-0.1, -0.05) is 80.2 Å². The molecule has 3 rings (SSSR count). The highest BCUT2D eigenvalue weighted by Crippen LogP contribution is 2.36. The summed E-state index contributed by atoms with van der Waals surface area (Å²) in [5, 5.41) is 0. The maximum absolute atomic E-state index is 2.33. The van der Waals surface area contributed by atoms with Crippen molar-refractivity contribution in [1.29, 1.82) is 0 Å². The van der Waals surface area contributed by atoms with Crippen LogP contribution in [0.4, 0.5) is 0 Å². The molecule has 116 valence electrons. The van der Waals surface area contributed by atoms with E-state index in [2.05, 4.69) is 86.6 Å². The maximum atomic E-state index is 2.33. The molecule has 0 aliphatic rings. The van der Waals surface area contributed by atoms with Gasteiger partial charge in [0.2, 0.25) is 0 Å². The van der Waals surface area contributed by atoms with E-state index in [1.165, 1.54) is 32.0 Å². The summed E-state index contributed by atoms with van der Waals surface area (Å²) in [6.07, 6.45) is 2.15. The molecule has 23 heavy (non-hydrogen) atoms. The number of benzene rings is 3. The van der Waals surface area contributed by atoms with E-state index in [0.29, 0.717) is 0 Å². The summed E-state index contributed by atoms with van der Waals surface area (Å²) in [6.45, 7) is 4.40. The van der Waals surface area contributed by atoms with Crippen LogP contribution in [0.2, 0.25) is 0 Å². The summed E-state index contributed by atoms with van der Waals surface area (Å²) in [5.74, 6) is 0. The Hall–Kier alpha value is -1.99. The average molecular weight is 318 g/mol. The first-order chi connectivity index (χ1) is 11.3. The third kappa shape index (κ3) is 3.86. The van der Waals surface area contributed by atoms with E-state index in [1.807, 2.05) is 11.8 Å². The first-order valence-corrected chi connectivity index (χ1v) is 9.07. The quantitative estimate of drug-likeness (QED) is 0.509. The molecule has 0 aliphatic carbocycles. The lowest BCUT2D eigenvalue weighted by Crippen LogP contribution is -1.87. The lowest BCUT2D eigenvalue weighted by Gasteiger charge is -2.12. The van der Waals surface area contributed by atoms with Gasteiger partial charge in [-0.2, -0.15) is 0 Å². The lowest BCUT2D eigenvalue weighted by atomic mass is 10.0. The van der Waals surface area contributed by atoms with Crippen molar-refractivity contribution in [3.63, 3.8) is 0 Å². The Labute approximate surface area is 143 Å². The molecule has 0 amide bonds. The Balaban J connectivity index is 1.97. The molecule has 3 aromatic carbocycles. The topological polar surface area (TPSA) is 0 Å². The molecule has 1 heteroatoms. The van der Waals surface area contributed by atoms with Gasteiger partial charge in [0.05, 0.1) is 0 Å². The Kier molecular flexibility index (Phi) is 5.19. The van der Waals surface area contributed by atoms with Gasteiger partial charge in [0.25, 0.3) is 0 Å². The number of hydrogen-bond acceptors (Lipinski definition) is 1. The summed E-state index contributed by atoms with van der Waals surface area (Å²) >= 11 is 1.85. The number of rotatable bonds is 5.